The van der Waals surface area contributed by atoms with Gasteiger partial charge in [-0.2, -0.15) is 0 Å². The van der Waals surface area contributed by atoms with Gasteiger partial charge in [-0.3, -0.25) is 0 Å². The van der Waals surface area contributed by atoms with Crippen LogP contribution in [0.2, 0.25) is 0 Å². The summed E-state index contributed by atoms with van der Waals surface area (Å²) in [6.45, 7) is 5.87. The molecule has 0 saturated heterocycles. The summed E-state index contributed by atoms with van der Waals surface area (Å²) >= 11 is 0. The molecule has 0 aliphatic heterocycles. The first-order chi connectivity index (χ1) is 9.24. The van der Waals surface area contributed by atoms with E-state index >= 15 is 0 Å². The minimum Gasteiger partial charge on any atom is -0.489 e. The summed E-state index contributed by atoms with van der Waals surface area (Å²) in [4.78, 5) is 0. The number of rotatable bonds is 6. The van der Waals surface area contributed by atoms with Crippen molar-refractivity contribution in [3.05, 3.63) is 65.7 Å². The summed E-state index contributed by atoms with van der Waals surface area (Å²) in [5.41, 5.74) is 2.55. The fourth-order valence-electron chi connectivity index (χ4n) is 1.91. The summed E-state index contributed by atoms with van der Waals surface area (Å²) in [6.07, 6.45) is 0.159. The van der Waals surface area contributed by atoms with Crippen LogP contribution >= 0.6 is 0 Å². The SMILES string of the molecule is Cc1ccc(OC(C)CNCc2ccccc2)cc1. The van der Waals surface area contributed by atoms with Crippen molar-refractivity contribution in [2.45, 2.75) is 26.5 Å². The molecule has 0 saturated carbocycles. The molecule has 1 N–H and O–H groups in total. The van der Waals surface area contributed by atoms with E-state index in [0.29, 0.717) is 0 Å². The van der Waals surface area contributed by atoms with Gasteiger partial charge in [-0.05, 0) is 31.5 Å². The Morgan fingerprint density at radius 2 is 1.68 bits per heavy atom. The van der Waals surface area contributed by atoms with Crippen molar-refractivity contribution in [2.75, 3.05) is 6.54 Å². The number of hydrogen-bond donors (Lipinski definition) is 1. The normalized spacial score (nSPS) is 12.1. The van der Waals surface area contributed by atoms with Crippen LogP contribution in [0.3, 0.4) is 0 Å². The molecular formula is C17H21NO. The fraction of sp³-hybridized carbons (Fsp3) is 0.294. The van der Waals surface area contributed by atoms with E-state index in [1.54, 1.807) is 0 Å². The Morgan fingerprint density at radius 1 is 1.00 bits per heavy atom. The van der Waals surface area contributed by atoms with Gasteiger partial charge in [0.1, 0.15) is 11.9 Å². The molecule has 0 heterocycles. The van der Waals surface area contributed by atoms with Gasteiger partial charge in [0.05, 0.1) is 0 Å². The number of ether oxygens (including phenoxy) is 1. The van der Waals surface area contributed by atoms with E-state index in [4.69, 9.17) is 4.74 Å². The molecule has 2 heteroatoms. The van der Waals surface area contributed by atoms with E-state index in [9.17, 15) is 0 Å². The third kappa shape index (κ3) is 4.76. The Hall–Kier alpha value is -1.80. The third-order valence-corrected chi connectivity index (χ3v) is 2.96. The highest BCUT2D eigenvalue weighted by Gasteiger charge is 2.03. The lowest BCUT2D eigenvalue weighted by atomic mass is 10.2. The van der Waals surface area contributed by atoms with Gasteiger partial charge >= 0.3 is 0 Å². The first-order valence-electron chi connectivity index (χ1n) is 6.72. The molecule has 0 spiro atoms. The maximum atomic E-state index is 5.84. The molecule has 0 radical (unpaired) electrons. The lowest BCUT2D eigenvalue weighted by molar-refractivity contribution is 0.217. The van der Waals surface area contributed by atoms with Gasteiger partial charge in [0.25, 0.3) is 0 Å². The van der Waals surface area contributed by atoms with Gasteiger partial charge in [-0.15, -0.1) is 0 Å². The van der Waals surface area contributed by atoms with Gasteiger partial charge in [0.2, 0.25) is 0 Å². The van der Waals surface area contributed by atoms with Crippen molar-refractivity contribution in [1.29, 1.82) is 0 Å². The summed E-state index contributed by atoms with van der Waals surface area (Å²) in [5, 5.41) is 3.41. The molecule has 0 amide bonds. The molecule has 1 unspecified atom stereocenters. The van der Waals surface area contributed by atoms with E-state index in [0.717, 1.165) is 18.8 Å². The Kier molecular flexibility index (Phi) is 4.99. The predicted octanol–water partition coefficient (Wildman–Crippen LogP) is 3.55. The van der Waals surface area contributed by atoms with Crippen LogP contribution in [0.4, 0.5) is 0 Å². The van der Waals surface area contributed by atoms with Crippen LogP contribution in [0.5, 0.6) is 5.75 Å². The molecule has 0 bridgehead atoms. The molecule has 2 aromatic rings. The summed E-state index contributed by atoms with van der Waals surface area (Å²) in [6, 6.07) is 18.6. The van der Waals surface area contributed by atoms with Crippen LogP contribution in [-0.4, -0.2) is 12.6 Å². The number of aryl methyl sites for hydroxylation is 1. The molecule has 1 atom stereocenters. The first kappa shape index (κ1) is 13.6. The first-order valence-corrected chi connectivity index (χ1v) is 6.72. The standard InChI is InChI=1S/C17H21NO/c1-14-8-10-17(11-9-14)19-15(2)12-18-13-16-6-4-3-5-7-16/h3-11,15,18H,12-13H2,1-2H3. The molecule has 0 aliphatic carbocycles. The van der Waals surface area contributed by atoms with E-state index in [-0.39, 0.29) is 6.10 Å². The maximum absolute atomic E-state index is 5.84. The van der Waals surface area contributed by atoms with Crippen molar-refractivity contribution in [1.82, 2.24) is 5.32 Å². The van der Waals surface area contributed by atoms with Crippen molar-refractivity contribution in [2.24, 2.45) is 0 Å². The Labute approximate surface area is 115 Å². The smallest absolute Gasteiger partial charge is 0.119 e. The van der Waals surface area contributed by atoms with Crippen molar-refractivity contribution in [3.8, 4) is 5.75 Å². The average molecular weight is 255 g/mol. The molecule has 2 nitrogen and oxygen atoms in total. The topological polar surface area (TPSA) is 21.3 Å². The van der Waals surface area contributed by atoms with Crippen molar-refractivity contribution >= 4 is 0 Å². The maximum Gasteiger partial charge on any atom is 0.119 e. The van der Waals surface area contributed by atoms with Gasteiger partial charge in [0, 0.05) is 13.1 Å². The lowest BCUT2D eigenvalue weighted by Gasteiger charge is -2.15. The van der Waals surface area contributed by atoms with Gasteiger partial charge in [0.15, 0.2) is 0 Å². The molecule has 2 rings (SSSR count). The van der Waals surface area contributed by atoms with Gasteiger partial charge in [-0.1, -0.05) is 48.0 Å². The molecular weight excluding hydrogens is 234 g/mol. The zero-order chi connectivity index (χ0) is 13.5. The summed E-state index contributed by atoms with van der Waals surface area (Å²) in [5.74, 6) is 0.930. The highest BCUT2D eigenvalue weighted by Crippen LogP contribution is 2.13. The second kappa shape index (κ2) is 6.95. The van der Waals surface area contributed by atoms with Crippen LogP contribution in [0, 0.1) is 6.92 Å². The van der Waals surface area contributed by atoms with Crippen LogP contribution in [0.25, 0.3) is 0 Å². The largest absolute Gasteiger partial charge is 0.489 e. The fourth-order valence-corrected chi connectivity index (χ4v) is 1.91. The number of nitrogens with one attached hydrogen (secondary N) is 1. The molecule has 0 fully saturated rings. The van der Waals surface area contributed by atoms with E-state index in [2.05, 4.69) is 55.6 Å². The number of benzene rings is 2. The molecule has 0 aliphatic rings. The quantitative estimate of drug-likeness (QED) is 0.852. The predicted molar refractivity (Wildman–Crippen MR) is 79.4 cm³/mol. The lowest BCUT2D eigenvalue weighted by Crippen LogP contribution is -2.28. The highest BCUT2D eigenvalue weighted by molar-refractivity contribution is 5.26. The summed E-state index contributed by atoms with van der Waals surface area (Å²) < 4.78 is 5.84. The van der Waals surface area contributed by atoms with Gasteiger partial charge < -0.3 is 10.1 Å². The van der Waals surface area contributed by atoms with Gasteiger partial charge in [-0.25, -0.2) is 0 Å². The zero-order valence-electron chi connectivity index (χ0n) is 11.6. The Balaban J connectivity index is 1.73. The van der Waals surface area contributed by atoms with Crippen LogP contribution in [0.15, 0.2) is 54.6 Å². The molecule has 100 valence electrons. The van der Waals surface area contributed by atoms with Crippen LogP contribution < -0.4 is 10.1 Å². The molecule has 0 aromatic heterocycles. The number of hydrogen-bond acceptors (Lipinski definition) is 2. The molecule has 19 heavy (non-hydrogen) atoms. The van der Waals surface area contributed by atoms with Crippen molar-refractivity contribution in [3.63, 3.8) is 0 Å². The highest BCUT2D eigenvalue weighted by atomic mass is 16.5. The third-order valence-electron chi connectivity index (χ3n) is 2.96. The van der Waals surface area contributed by atoms with Crippen LogP contribution in [-0.2, 0) is 6.54 Å². The van der Waals surface area contributed by atoms with E-state index < -0.39 is 0 Å². The molecule has 2 aromatic carbocycles. The monoisotopic (exact) mass is 255 g/mol. The summed E-state index contributed by atoms with van der Waals surface area (Å²) in [7, 11) is 0. The average Bonchev–Trinajstić information content (AvgIpc) is 2.43. The Morgan fingerprint density at radius 3 is 2.37 bits per heavy atom. The van der Waals surface area contributed by atoms with Crippen LogP contribution in [0.1, 0.15) is 18.1 Å². The van der Waals surface area contributed by atoms with Crippen molar-refractivity contribution < 1.29 is 4.74 Å². The minimum atomic E-state index is 0.159. The zero-order valence-corrected chi connectivity index (χ0v) is 11.6. The van der Waals surface area contributed by atoms with E-state index in [1.807, 2.05) is 18.2 Å². The Bertz CT molecular complexity index is 478. The second-order valence-corrected chi connectivity index (χ2v) is 4.86. The second-order valence-electron chi connectivity index (χ2n) is 4.86. The van der Waals surface area contributed by atoms with E-state index in [1.165, 1.54) is 11.1 Å². The minimum absolute atomic E-state index is 0.159.